The average molecular weight is 334 g/mol. The molecule has 3 aromatic rings. The van der Waals surface area contributed by atoms with E-state index in [-0.39, 0.29) is 5.78 Å². The van der Waals surface area contributed by atoms with E-state index in [1.54, 1.807) is 6.92 Å². The Bertz CT molecular complexity index is 963. The second kappa shape index (κ2) is 6.31. The fourth-order valence-electron chi connectivity index (χ4n) is 3.78. The number of fused-ring (bicyclic) bond motifs is 1. The van der Waals surface area contributed by atoms with Crippen molar-refractivity contribution in [1.29, 1.82) is 0 Å². The summed E-state index contributed by atoms with van der Waals surface area (Å²) in [5.74, 6) is 0.738. The van der Waals surface area contributed by atoms with Crippen LogP contribution in [0.25, 0.3) is 27.7 Å². The number of hydrogen-bond acceptors (Lipinski definition) is 3. The topological polar surface area (TPSA) is 63.6 Å². The number of aryl methyl sites for hydroxylation is 1. The fourth-order valence-corrected chi connectivity index (χ4v) is 3.78. The molecule has 0 spiro atoms. The van der Waals surface area contributed by atoms with Crippen molar-refractivity contribution in [2.24, 2.45) is 13.0 Å². The van der Waals surface area contributed by atoms with Gasteiger partial charge in [0.15, 0.2) is 0 Å². The van der Waals surface area contributed by atoms with Gasteiger partial charge in [0.25, 0.3) is 0 Å². The fraction of sp³-hybridized carbons (Fsp3) is 0.350. The van der Waals surface area contributed by atoms with Crippen LogP contribution in [-0.4, -0.2) is 25.5 Å². The number of rotatable bonds is 4. The van der Waals surface area contributed by atoms with E-state index in [4.69, 9.17) is 0 Å². The lowest BCUT2D eigenvalue weighted by molar-refractivity contribution is -0.117. The number of aromatic nitrogens is 4. The van der Waals surface area contributed by atoms with E-state index in [0.717, 1.165) is 47.0 Å². The monoisotopic (exact) mass is 334 g/mol. The molecule has 4 rings (SSSR count). The summed E-state index contributed by atoms with van der Waals surface area (Å²) in [6, 6.07) is 2.21. The summed E-state index contributed by atoms with van der Waals surface area (Å²) in [6.45, 7) is 1.69. The van der Waals surface area contributed by atoms with E-state index >= 15 is 0 Å². The molecule has 1 atom stereocenters. The highest BCUT2D eigenvalue weighted by atomic mass is 16.1. The van der Waals surface area contributed by atoms with Gasteiger partial charge in [0.2, 0.25) is 0 Å². The van der Waals surface area contributed by atoms with E-state index in [2.05, 4.69) is 27.2 Å². The molecule has 128 valence electrons. The first kappa shape index (κ1) is 15.8. The Morgan fingerprint density at radius 3 is 3.00 bits per heavy atom. The Balaban J connectivity index is 1.69. The highest BCUT2D eigenvalue weighted by Crippen LogP contribution is 2.35. The van der Waals surface area contributed by atoms with Gasteiger partial charge >= 0.3 is 0 Å². The number of pyridine rings is 1. The maximum atomic E-state index is 11.5. The Morgan fingerprint density at radius 1 is 1.36 bits per heavy atom. The van der Waals surface area contributed by atoms with Gasteiger partial charge in [0, 0.05) is 48.6 Å². The van der Waals surface area contributed by atoms with Crippen molar-refractivity contribution in [2.45, 2.75) is 32.6 Å². The zero-order chi connectivity index (χ0) is 17.4. The SMILES string of the molecule is CC(=O)C[C@@H]1CCC=C(c2cnc3[nH]cc(-c4cnn(C)c4)c3c2)C1. The highest BCUT2D eigenvalue weighted by Gasteiger charge is 2.19. The van der Waals surface area contributed by atoms with Crippen molar-refractivity contribution in [3.05, 3.63) is 42.5 Å². The molecule has 3 heterocycles. The van der Waals surface area contributed by atoms with E-state index in [0.29, 0.717) is 12.3 Å². The highest BCUT2D eigenvalue weighted by molar-refractivity contribution is 5.95. The van der Waals surface area contributed by atoms with Gasteiger partial charge in [-0.05, 0) is 49.3 Å². The molecule has 3 aromatic heterocycles. The molecule has 5 heteroatoms. The third kappa shape index (κ3) is 3.14. The summed E-state index contributed by atoms with van der Waals surface area (Å²) in [5, 5.41) is 5.38. The molecule has 0 radical (unpaired) electrons. The average Bonchev–Trinajstić information content (AvgIpc) is 3.19. The number of H-pyrrole nitrogens is 1. The molecule has 0 saturated carbocycles. The molecule has 0 fully saturated rings. The van der Waals surface area contributed by atoms with Crippen LogP contribution < -0.4 is 0 Å². The van der Waals surface area contributed by atoms with Crippen LogP contribution in [0, 0.1) is 5.92 Å². The predicted molar refractivity (Wildman–Crippen MR) is 98.9 cm³/mol. The summed E-state index contributed by atoms with van der Waals surface area (Å²) in [7, 11) is 1.92. The number of nitrogens with one attached hydrogen (secondary N) is 1. The molecule has 1 aliphatic carbocycles. The number of allylic oxidation sites excluding steroid dienone is 2. The van der Waals surface area contributed by atoms with Crippen LogP contribution in [0.1, 0.15) is 38.2 Å². The van der Waals surface area contributed by atoms with Crippen molar-refractivity contribution < 1.29 is 4.79 Å². The minimum Gasteiger partial charge on any atom is -0.346 e. The molecule has 0 aliphatic heterocycles. The van der Waals surface area contributed by atoms with Gasteiger partial charge in [0.1, 0.15) is 11.4 Å². The van der Waals surface area contributed by atoms with Crippen molar-refractivity contribution in [2.75, 3.05) is 0 Å². The van der Waals surface area contributed by atoms with Crippen LogP contribution in [0.5, 0.6) is 0 Å². The molecule has 1 N–H and O–H groups in total. The lowest BCUT2D eigenvalue weighted by Gasteiger charge is -2.22. The molecule has 0 bridgehead atoms. The molecule has 5 nitrogen and oxygen atoms in total. The van der Waals surface area contributed by atoms with Crippen molar-refractivity contribution in [1.82, 2.24) is 19.7 Å². The van der Waals surface area contributed by atoms with Gasteiger partial charge in [-0.3, -0.25) is 4.68 Å². The molecule has 0 aromatic carbocycles. The summed E-state index contributed by atoms with van der Waals surface area (Å²) < 4.78 is 1.81. The maximum absolute atomic E-state index is 11.5. The Labute approximate surface area is 146 Å². The second-order valence-corrected chi connectivity index (χ2v) is 7.01. The molecular weight excluding hydrogens is 312 g/mol. The normalized spacial score (nSPS) is 17.7. The summed E-state index contributed by atoms with van der Waals surface area (Å²) >= 11 is 0. The lowest BCUT2D eigenvalue weighted by Crippen LogP contribution is -2.10. The number of carbonyl (C=O) groups is 1. The van der Waals surface area contributed by atoms with Crippen LogP contribution in [0.15, 0.2) is 36.9 Å². The zero-order valence-corrected chi connectivity index (χ0v) is 14.6. The first-order valence-electron chi connectivity index (χ1n) is 8.75. The Kier molecular flexibility index (Phi) is 3.99. The maximum Gasteiger partial charge on any atom is 0.137 e. The number of aromatic amines is 1. The minimum atomic E-state index is 0.282. The third-order valence-corrected chi connectivity index (χ3v) is 4.97. The van der Waals surface area contributed by atoms with Crippen LogP contribution in [0.3, 0.4) is 0 Å². The van der Waals surface area contributed by atoms with Crippen LogP contribution in [0.2, 0.25) is 0 Å². The quantitative estimate of drug-likeness (QED) is 0.780. The summed E-state index contributed by atoms with van der Waals surface area (Å²) in [5.41, 5.74) is 5.56. The van der Waals surface area contributed by atoms with Crippen molar-refractivity contribution in [3.63, 3.8) is 0 Å². The number of hydrogen-bond donors (Lipinski definition) is 1. The van der Waals surface area contributed by atoms with Gasteiger partial charge in [0.05, 0.1) is 6.20 Å². The van der Waals surface area contributed by atoms with Crippen LogP contribution >= 0.6 is 0 Å². The number of ketones is 1. The van der Waals surface area contributed by atoms with Gasteiger partial charge in [-0.25, -0.2) is 4.98 Å². The minimum absolute atomic E-state index is 0.282. The van der Waals surface area contributed by atoms with Gasteiger partial charge in [-0.15, -0.1) is 0 Å². The number of nitrogens with zero attached hydrogens (tertiary/aromatic N) is 3. The second-order valence-electron chi connectivity index (χ2n) is 7.01. The smallest absolute Gasteiger partial charge is 0.137 e. The Hall–Kier alpha value is -2.69. The molecule has 25 heavy (non-hydrogen) atoms. The first-order valence-corrected chi connectivity index (χ1v) is 8.75. The standard InChI is InChI=1S/C20H22N4O/c1-13(25)6-14-4-3-5-15(7-14)16-8-18-19(11-22-20(18)21-9-16)17-10-23-24(2)12-17/h5,8-12,14H,3-4,6-7H2,1-2H3,(H,21,22)/t14-/m0/s1. The molecule has 0 unspecified atom stereocenters. The first-order chi connectivity index (χ1) is 12.1. The molecule has 0 saturated heterocycles. The van der Waals surface area contributed by atoms with E-state index < -0.39 is 0 Å². The predicted octanol–water partition coefficient (Wildman–Crippen LogP) is 4.13. The number of carbonyl (C=O) groups excluding carboxylic acids is 1. The summed E-state index contributed by atoms with van der Waals surface area (Å²) in [4.78, 5) is 19.3. The van der Waals surface area contributed by atoms with E-state index in [1.165, 1.54) is 5.57 Å². The van der Waals surface area contributed by atoms with Crippen molar-refractivity contribution in [3.8, 4) is 11.1 Å². The molecule has 1 aliphatic rings. The van der Waals surface area contributed by atoms with Crippen molar-refractivity contribution >= 4 is 22.4 Å². The van der Waals surface area contributed by atoms with E-state index in [1.807, 2.05) is 36.5 Å². The van der Waals surface area contributed by atoms with Crippen LogP contribution in [0.4, 0.5) is 0 Å². The lowest BCUT2D eigenvalue weighted by atomic mass is 9.83. The molecule has 0 amide bonds. The van der Waals surface area contributed by atoms with Gasteiger partial charge in [-0.1, -0.05) is 6.08 Å². The van der Waals surface area contributed by atoms with Gasteiger partial charge < -0.3 is 9.78 Å². The largest absolute Gasteiger partial charge is 0.346 e. The van der Waals surface area contributed by atoms with Gasteiger partial charge in [-0.2, -0.15) is 5.10 Å². The Morgan fingerprint density at radius 2 is 2.24 bits per heavy atom. The zero-order valence-electron chi connectivity index (χ0n) is 14.6. The molecular formula is C20H22N4O. The third-order valence-electron chi connectivity index (χ3n) is 4.97. The number of Topliss-reactive ketones (excluding diaryl/α,β-unsaturated/α-hetero) is 1. The van der Waals surface area contributed by atoms with Crippen LogP contribution in [-0.2, 0) is 11.8 Å². The summed E-state index contributed by atoms with van der Waals surface area (Å²) in [6.07, 6.45) is 13.9. The van der Waals surface area contributed by atoms with E-state index in [9.17, 15) is 4.79 Å².